The maximum Gasteiger partial charge on any atom is 0.223 e. The van der Waals surface area contributed by atoms with Gasteiger partial charge in [0.15, 0.2) is 0 Å². The molecule has 2 saturated heterocycles. The van der Waals surface area contributed by atoms with Crippen molar-refractivity contribution in [3.8, 4) is 0 Å². The molecule has 0 bridgehead atoms. The summed E-state index contributed by atoms with van der Waals surface area (Å²) in [5.41, 5.74) is 0. The molecule has 0 saturated carbocycles. The second kappa shape index (κ2) is 7.25. The molecule has 2 rings (SSSR count). The van der Waals surface area contributed by atoms with Gasteiger partial charge in [0.25, 0.3) is 0 Å². The highest BCUT2D eigenvalue weighted by molar-refractivity contribution is 5.76. The molecule has 2 fully saturated rings. The number of amides is 1. The van der Waals surface area contributed by atoms with Crippen LogP contribution in [0.2, 0.25) is 0 Å². The van der Waals surface area contributed by atoms with Crippen molar-refractivity contribution in [3.63, 3.8) is 0 Å². The standard InChI is InChI=1S/C15H28N2O2/c1-12-4-3-7-16-14(12)10-15(18)17(2)11-13-5-8-19-9-6-13/h12-14,16H,3-11H2,1-2H3. The number of ether oxygens (including phenoxy) is 1. The van der Waals surface area contributed by atoms with E-state index in [4.69, 9.17) is 4.74 Å². The molecule has 2 heterocycles. The maximum atomic E-state index is 12.3. The largest absolute Gasteiger partial charge is 0.381 e. The van der Waals surface area contributed by atoms with E-state index in [1.165, 1.54) is 12.8 Å². The Morgan fingerprint density at radius 3 is 2.74 bits per heavy atom. The van der Waals surface area contributed by atoms with Crippen LogP contribution in [-0.2, 0) is 9.53 Å². The zero-order valence-corrected chi connectivity index (χ0v) is 12.4. The molecular formula is C15H28N2O2. The van der Waals surface area contributed by atoms with Gasteiger partial charge in [-0.3, -0.25) is 4.79 Å². The molecule has 2 atom stereocenters. The van der Waals surface area contributed by atoms with Gasteiger partial charge in [0.1, 0.15) is 0 Å². The van der Waals surface area contributed by atoms with Crippen LogP contribution in [0.15, 0.2) is 0 Å². The minimum atomic E-state index is 0.290. The third-order valence-corrected chi connectivity index (χ3v) is 4.62. The number of nitrogens with zero attached hydrogens (tertiary/aromatic N) is 1. The predicted octanol–water partition coefficient (Wildman–Crippen LogP) is 1.65. The molecule has 0 radical (unpaired) electrons. The zero-order chi connectivity index (χ0) is 13.7. The summed E-state index contributed by atoms with van der Waals surface area (Å²) in [7, 11) is 1.95. The molecule has 1 N–H and O–H groups in total. The van der Waals surface area contributed by atoms with Gasteiger partial charge in [-0.15, -0.1) is 0 Å². The molecule has 4 nitrogen and oxygen atoms in total. The molecule has 2 aliphatic heterocycles. The average molecular weight is 268 g/mol. The maximum absolute atomic E-state index is 12.3. The number of hydrogen-bond acceptors (Lipinski definition) is 3. The fourth-order valence-corrected chi connectivity index (χ4v) is 3.15. The van der Waals surface area contributed by atoms with Crippen molar-refractivity contribution in [3.05, 3.63) is 0 Å². The van der Waals surface area contributed by atoms with Crippen LogP contribution in [0.25, 0.3) is 0 Å². The summed E-state index contributed by atoms with van der Waals surface area (Å²) < 4.78 is 5.36. The summed E-state index contributed by atoms with van der Waals surface area (Å²) >= 11 is 0. The molecule has 2 unspecified atom stereocenters. The highest BCUT2D eigenvalue weighted by Gasteiger charge is 2.25. The smallest absolute Gasteiger partial charge is 0.223 e. The van der Waals surface area contributed by atoms with Crippen molar-refractivity contribution >= 4 is 5.91 Å². The lowest BCUT2D eigenvalue weighted by atomic mass is 9.90. The number of carbonyl (C=O) groups is 1. The molecule has 2 aliphatic rings. The lowest BCUT2D eigenvalue weighted by molar-refractivity contribution is -0.131. The highest BCUT2D eigenvalue weighted by Crippen LogP contribution is 2.20. The first kappa shape index (κ1) is 14.8. The van der Waals surface area contributed by atoms with Crippen LogP contribution >= 0.6 is 0 Å². The minimum absolute atomic E-state index is 0.290. The molecule has 0 aliphatic carbocycles. The molecule has 1 amide bonds. The Morgan fingerprint density at radius 2 is 2.05 bits per heavy atom. The normalized spacial score (nSPS) is 29.2. The van der Waals surface area contributed by atoms with E-state index in [1.54, 1.807) is 0 Å². The summed E-state index contributed by atoms with van der Waals surface area (Å²) in [4.78, 5) is 14.2. The van der Waals surface area contributed by atoms with E-state index in [0.717, 1.165) is 39.1 Å². The van der Waals surface area contributed by atoms with E-state index in [-0.39, 0.29) is 5.91 Å². The third-order valence-electron chi connectivity index (χ3n) is 4.62. The zero-order valence-electron chi connectivity index (χ0n) is 12.4. The lowest BCUT2D eigenvalue weighted by Crippen LogP contribution is -2.44. The first-order valence-electron chi connectivity index (χ1n) is 7.72. The monoisotopic (exact) mass is 268 g/mol. The van der Waals surface area contributed by atoms with Gasteiger partial charge in [0.2, 0.25) is 5.91 Å². The molecule has 0 aromatic carbocycles. The van der Waals surface area contributed by atoms with E-state index < -0.39 is 0 Å². The third kappa shape index (κ3) is 4.46. The van der Waals surface area contributed by atoms with Crippen LogP contribution in [-0.4, -0.2) is 50.2 Å². The van der Waals surface area contributed by atoms with E-state index >= 15 is 0 Å². The van der Waals surface area contributed by atoms with Crippen LogP contribution in [0.4, 0.5) is 0 Å². The van der Waals surface area contributed by atoms with Gasteiger partial charge >= 0.3 is 0 Å². The first-order chi connectivity index (χ1) is 9.16. The Morgan fingerprint density at radius 1 is 1.32 bits per heavy atom. The molecule has 4 heteroatoms. The summed E-state index contributed by atoms with van der Waals surface area (Å²) in [5.74, 6) is 1.53. The van der Waals surface area contributed by atoms with E-state index in [9.17, 15) is 4.79 Å². The van der Waals surface area contributed by atoms with E-state index in [2.05, 4.69) is 12.2 Å². The summed E-state index contributed by atoms with van der Waals surface area (Å²) in [6.45, 7) is 5.92. The summed E-state index contributed by atoms with van der Waals surface area (Å²) in [6, 6.07) is 0.374. The molecule has 19 heavy (non-hydrogen) atoms. The van der Waals surface area contributed by atoms with Gasteiger partial charge < -0.3 is 15.0 Å². The fourth-order valence-electron chi connectivity index (χ4n) is 3.15. The number of carbonyl (C=O) groups excluding carboxylic acids is 1. The molecule has 0 aromatic heterocycles. The molecular weight excluding hydrogens is 240 g/mol. The van der Waals surface area contributed by atoms with Crippen LogP contribution in [0, 0.1) is 11.8 Å². The topological polar surface area (TPSA) is 41.6 Å². The number of hydrogen-bond donors (Lipinski definition) is 1. The van der Waals surface area contributed by atoms with Crippen LogP contribution in [0.3, 0.4) is 0 Å². The van der Waals surface area contributed by atoms with E-state index in [1.807, 2.05) is 11.9 Å². The Hall–Kier alpha value is -0.610. The fraction of sp³-hybridized carbons (Fsp3) is 0.933. The Labute approximate surface area is 116 Å². The van der Waals surface area contributed by atoms with Gasteiger partial charge in [0.05, 0.1) is 0 Å². The molecule has 0 spiro atoms. The van der Waals surface area contributed by atoms with Crippen molar-refractivity contribution in [2.45, 2.75) is 45.1 Å². The van der Waals surface area contributed by atoms with Crippen molar-refractivity contribution < 1.29 is 9.53 Å². The number of piperidine rings is 1. The minimum Gasteiger partial charge on any atom is -0.381 e. The quantitative estimate of drug-likeness (QED) is 0.843. The van der Waals surface area contributed by atoms with Crippen molar-refractivity contribution in [2.24, 2.45) is 11.8 Å². The van der Waals surface area contributed by atoms with Crippen LogP contribution in [0.5, 0.6) is 0 Å². The average Bonchev–Trinajstić information content (AvgIpc) is 2.42. The Kier molecular flexibility index (Phi) is 5.64. The molecule has 110 valence electrons. The van der Waals surface area contributed by atoms with Gasteiger partial charge in [-0.2, -0.15) is 0 Å². The summed E-state index contributed by atoms with van der Waals surface area (Å²) in [6.07, 6.45) is 5.32. The first-order valence-corrected chi connectivity index (χ1v) is 7.72. The van der Waals surface area contributed by atoms with Crippen molar-refractivity contribution in [1.29, 1.82) is 0 Å². The second-order valence-corrected chi connectivity index (χ2v) is 6.21. The van der Waals surface area contributed by atoms with E-state index in [0.29, 0.717) is 24.3 Å². The highest BCUT2D eigenvalue weighted by atomic mass is 16.5. The van der Waals surface area contributed by atoms with Gasteiger partial charge in [-0.1, -0.05) is 6.92 Å². The number of rotatable bonds is 4. The van der Waals surface area contributed by atoms with Crippen molar-refractivity contribution in [1.82, 2.24) is 10.2 Å². The number of nitrogens with one attached hydrogen (secondary N) is 1. The SMILES string of the molecule is CC1CCCNC1CC(=O)N(C)CC1CCOCC1. The van der Waals surface area contributed by atoms with Gasteiger partial charge in [-0.25, -0.2) is 0 Å². The van der Waals surface area contributed by atoms with Crippen LogP contribution in [0.1, 0.15) is 39.0 Å². The van der Waals surface area contributed by atoms with Gasteiger partial charge in [-0.05, 0) is 44.1 Å². The lowest BCUT2D eigenvalue weighted by Gasteiger charge is -2.32. The Bertz CT molecular complexity index is 290. The van der Waals surface area contributed by atoms with Crippen LogP contribution < -0.4 is 5.32 Å². The van der Waals surface area contributed by atoms with Crippen molar-refractivity contribution in [2.75, 3.05) is 33.4 Å². The second-order valence-electron chi connectivity index (χ2n) is 6.21. The van der Waals surface area contributed by atoms with Gasteiger partial charge in [0, 0.05) is 39.3 Å². The molecule has 0 aromatic rings. The predicted molar refractivity (Wildman–Crippen MR) is 76.0 cm³/mol. The summed E-state index contributed by atoms with van der Waals surface area (Å²) in [5, 5.41) is 3.49. The Balaban J connectivity index is 1.74.